The van der Waals surface area contributed by atoms with Crippen molar-refractivity contribution in [3.8, 4) is 11.5 Å². The van der Waals surface area contributed by atoms with E-state index in [1.165, 1.54) is 0 Å². The summed E-state index contributed by atoms with van der Waals surface area (Å²) >= 11 is 7.68. The minimum Gasteiger partial charge on any atom is -0.503 e. The number of hydrogen-bond acceptors (Lipinski definition) is 3. The molecule has 0 radical (unpaired) electrons. The Kier molecular flexibility index (Phi) is 5.12. The van der Waals surface area contributed by atoms with E-state index in [2.05, 4.69) is 6.26 Å². The molecule has 0 saturated carbocycles. The van der Waals surface area contributed by atoms with Gasteiger partial charge in [-0.1, -0.05) is 11.6 Å². The molecule has 0 aromatic heterocycles. The molecule has 0 saturated heterocycles. The number of phenolic OH excluding ortho intramolecular Hbond substituents is 1. The van der Waals surface area contributed by atoms with E-state index in [1.54, 1.807) is 17.8 Å². The van der Waals surface area contributed by atoms with E-state index in [0.29, 0.717) is 17.4 Å². The zero-order valence-corrected chi connectivity index (χ0v) is 10.5. The lowest BCUT2D eigenvalue weighted by Gasteiger charge is -2.09. The Morgan fingerprint density at radius 3 is 2.80 bits per heavy atom. The molecule has 4 heteroatoms. The highest BCUT2D eigenvalue weighted by molar-refractivity contribution is 7.98. The molecule has 1 rings (SSSR count). The Morgan fingerprint density at radius 2 is 2.20 bits per heavy atom. The van der Waals surface area contributed by atoms with Crippen molar-refractivity contribution in [1.29, 1.82) is 0 Å². The van der Waals surface area contributed by atoms with Gasteiger partial charge in [0, 0.05) is 0 Å². The first-order valence-electron chi connectivity index (χ1n) is 4.82. The number of halogens is 1. The van der Waals surface area contributed by atoms with E-state index in [-0.39, 0.29) is 5.75 Å². The largest absolute Gasteiger partial charge is 0.503 e. The molecule has 0 bridgehead atoms. The fourth-order valence-corrected chi connectivity index (χ4v) is 1.93. The number of thioether (sulfide) groups is 1. The Labute approximate surface area is 99.6 Å². The fourth-order valence-electron chi connectivity index (χ4n) is 1.26. The average molecular weight is 247 g/mol. The lowest BCUT2D eigenvalue weighted by Crippen LogP contribution is -1.95. The van der Waals surface area contributed by atoms with Gasteiger partial charge in [0.15, 0.2) is 11.5 Å². The highest BCUT2D eigenvalue weighted by Crippen LogP contribution is 2.35. The summed E-state index contributed by atoms with van der Waals surface area (Å²) in [6, 6.07) is 3.64. The predicted octanol–water partition coefficient (Wildman–Crippen LogP) is 3.35. The van der Waals surface area contributed by atoms with E-state index < -0.39 is 0 Å². The molecule has 0 unspecified atom stereocenters. The van der Waals surface area contributed by atoms with Crippen LogP contribution in [0, 0.1) is 0 Å². The van der Waals surface area contributed by atoms with E-state index in [1.807, 2.05) is 13.0 Å². The molecule has 0 aliphatic carbocycles. The van der Waals surface area contributed by atoms with Crippen molar-refractivity contribution in [2.45, 2.75) is 13.3 Å². The second-order valence-electron chi connectivity index (χ2n) is 3.10. The third kappa shape index (κ3) is 3.50. The zero-order valence-electron chi connectivity index (χ0n) is 8.92. The van der Waals surface area contributed by atoms with Crippen molar-refractivity contribution in [2.24, 2.45) is 0 Å². The van der Waals surface area contributed by atoms with E-state index >= 15 is 0 Å². The number of ether oxygens (including phenoxy) is 1. The molecule has 0 fully saturated rings. The van der Waals surface area contributed by atoms with Crippen LogP contribution in [0.2, 0.25) is 5.02 Å². The van der Waals surface area contributed by atoms with Crippen molar-refractivity contribution in [3.05, 3.63) is 22.7 Å². The number of aromatic hydroxyl groups is 1. The van der Waals surface area contributed by atoms with Gasteiger partial charge >= 0.3 is 0 Å². The van der Waals surface area contributed by atoms with Crippen LogP contribution >= 0.6 is 23.4 Å². The molecule has 0 amide bonds. The van der Waals surface area contributed by atoms with Gasteiger partial charge in [-0.2, -0.15) is 11.8 Å². The van der Waals surface area contributed by atoms with Crippen LogP contribution in [0.1, 0.15) is 12.5 Å². The Hall–Kier alpha value is -0.540. The molecule has 1 N–H and O–H groups in total. The molecule has 0 spiro atoms. The SMILES string of the molecule is CCOc1cc(CCSC)cc(Cl)c1O. The van der Waals surface area contributed by atoms with Gasteiger partial charge < -0.3 is 9.84 Å². The van der Waals surface area contributed by atoms with Crippen LogP contribution in [0.3, 0.4) is 0 Å². The van der Waals surface area contributed by atoms with Crippen molar-refractivity contribution in [1.82, 2.24) is 0 Å². The monoisotopic (exact) mass is 246 g/mol. The minimum atomic E-state index is 0.0337. The zero-order chi connectivity index (χ0) is 11.3. The summed E-state index contributed by atoms with van der Waals surface area (Å²) in [6.07, 6.45) is 2.99. The third-order valence-electron chi connectivity index (χ3n) is 1.98. The predicted molar refractivity (Wildman–Crippen MR) is 66.4 cm³/mol. The smallest absolute Gasteiger partial charge is 0.176 e. The number of phenols is 1. The summed E-state index contributed by atoms with van der Waals surface area (Å²) in [5.74, 6) is 1.54. The Morgan fingerprint density at radius 1 is 1.47 bits per heavy atom. The third-order valence-corrected chi connectivity index (χ3v) is 2.88. The summed E-state index contributed by atoms with van der Waals surface area (Å²) in [7, 11) is 0. The first kappa shape index (κ1) is 12.5. The molecule has 1 aromatic rings. The number of rotatable bonds is 5. The molecule has 0 atom stereocenters. The number of hydrogen-bond donors (Lipinski definition) is 1. The molecular formula is C11H15ClO2S. The van der Waals surface area contributed by atoms with Crippen LogP contribution in [-0.4, -0.2) is 23.7 Å². The summed E-state index contributed by atoms with van der Waals surface area (Å²) in [5.41, 5.74) is 1.09. The molecule has 0 aliphatic heterocycles. The Bertz CT molecular complexity index is 329. The minimum absolute atomic E-state index is 0.0337. The van der Waals surface area contributed by atoms with Gasteiger partial charge in [0.2, 0.25) is 0 Å². The summed E-state index contributed by atoms with van der Waals surface area (Å²) in [5, 5.41) is 9.97. The summed E-state index contributed by atoms with van der Waals surface area (Å²) in [4.78, 5) is 0. The average Bonchev–Trinajstić information content (AvgIpc) is 2.22. The van der Waals surface area contributed by atoms with E-state index in [0.717, 1.165) is 17.7 Å². The fraction of sp³-hybridized carbons (Fsp3) is 0.455. The van der Waals surface area contributed by atoms with Crippen molar-refractivity contribution in [2.75, 3.05) is 18.6 Å². The highest BCUT2D eigenvalue weighted by atomic mass is 35.5. The van der Waals surface area contributed by atoms with Gasteiger partial charge in [-0.25, -0.2) is 0 Å². The summed E-state index contributed by atoms with van der Waals surface area (Å²) < 4.78 is 5.30. The summed E-state index contributed by atoms with van der Waals surface area (Å²) in [6.45, 7) is 2.40. The second-order valence-corrected chi connectivity index (χ2v) is 4.49. The van der Waals surface area contributed by atoms with Crippen LogP contribution < -0.4 is 4.74 Å². The lowest BCUT2D eigenvalue weighted by molar-refractivity contribution is 0.318. The van der Waals surface area contributed by atoms with Gasteiger partial charge in [0.05, 0.1) is 11.6 Å². The first-order valence-corrected chi connectivity index (χ1v) is 6.59. The lowest BCUT2D eigenvalue weighted by atomic mass is 10.1. The maximum absolute atomic E-state index is 9.62. The van der Waals surface area contributed by atoms with Gasteiger partial charge in [-0.3, -0.25) is 0 Å². The van der Waals surface area contributed by atoms with Gasteiger partial charge in [-0.05, 0) is 43.0 Å². The molecule has 2 nitrogen and oxygen atoms in total. The van der Waals surface area contributed by atoms with Crippen LogP contribution in [0.5, 0.6) is 11.5 Å². The molecule has 1 aromatic carbocycles. The standard InChI is InChI=1S/C11H15ClO2S/c1-3-14-10-7-8(4-5-15-2)6-9(12)11(10)13/h6-7,13H,3-5H2,1-2H3. The van der Waals surface area contributed by atoms with Crippen LogP contribution in [0.25, 0.3) is 0 Å². The van der Waals surface area contributed by atoms with E-state index in [9.17, 15) is 5.11 Å². The second kappa shape index (κ2) is 6.13. The maximum atomic E-state index is 9.62. The Balaban J connectivity index is 2.90. The van der Waals surface area contributed by atoms with Gasteiger partial charge in [-0.15, -0.1) is 0 Å². The van der Waals surface area contributed by atoms with Crippen LogP contribution in [0.15, 0.2) is 12.1 Å². The molecule has 0 heterocycles. The highest BCUT2D eigenvalue weighted by Gasteiger charge is 2.09. The first-order chi connectivity index (χ1) is 7.19. The molecule has 15 heavy (non-hydrogen) atoms. The van der Waals surface area contributed by atoms with Crippen molar-refractivity contribution in [3.63, 3.8) is 0 Å². The normalized spacial score (nSPS) is 10.3. The molecule has 84 valence electrons. The number of benzene rings is 1. The van der Waals surface area contributed by atoms with Crippen molar-refractivity contribution < 1.29 is 9.84 Å². The van der Waals surface area contributed by atoms with Gasteiger partial charge in [0.1, 0.15) is 0 Å². The molecular weight excluding hydrogens is 232 g/mol. The quantitative estimate of drug-likeness (QED) is 0.864. The molecule has 0 aliphatic rings. The topological polar surface area (TPSA) is 29.5 Å². The van der Waals surface area contributed by atoms with Crippen molar-refractivity contribution >= 4 is 23.4 Å². The van der Waals surface area contributed by atoms with Gasteiger partial charge in [0.25, 0.3) is 0 Å². The van der Waals surface area contributed by atoms with Crippen LogP contribution in [0.4, 0.5) is 0 Å². The van der Waals surface area contributed by atoms with Crippen LogP contribution in [-0.2, 0) is 6.42 Å². The van der Waals surface area contributed by atoms with E-state index in [4.69, 9.17) is 16.3 Å². The maximum Gasteiger partial charge on any atom is 0.176 e. The number of aryl methyl sites for hydroxylation is 1.